The van der Waals surface area contributed by atoms with Crippen molar-refractivity contribution in [2.45, 2.75) is 4.90 Å². The minimum absolute atomic E-state index is 0.123. The number of hydrogen-bond donors (Lipinski definition) is 1. The number of likely N-dealkylation sites (N-methyl/N-ethyl adjacent to an activating group) is 1. The van der Waals surface area contributed by atoms with Crippen molar-refractivity contribution in [3.8, 4) is 5.75 Å². The van der Waals surface area contributed by atoms with Gasteiger partial charge in [-0.2, -0.15) is 9.40 Å². The topological polar surface area (TPSA) is 75.3 Å². The SMILES string of the molecule is CN(CCOc1ccccc1Cl)S(=O)(=O)c1cn[nH]c1. The Morgan fingerprint density at radius 3 is 2.80 bits per heavy atom. The van der Waals surface area contributed by atoms with Gasteiger partial charge in [0.05, 0.1) is 11.2 Å². The van der Waals surface area contributed by atoms with E-state index in [4.69, 9.17) is 16.3 Å². The largest absolute Gasteiger partial charge is 0.491 e. The van der Waals surface area contributed by atoms with Crippen molar-refractivity contribution in [1.29, 1.82) is 0 Å². The molecule has 108 valence electrons. The average Bonchev–Trinajstić information content (AvgIpc) is 2.95. The second-order valence-corrected chi connectivity index (χ2v) is 6.49. The second kappa shape index (κ2) is 6.25. The van der Waals surface area contributed by atoms with Crippen LogP contribution in [-0.4, -0.2) is 43.1 Å². The number of hydrogen-bond acceptors (Lipinski definition) is 4. The molecule has 0 spiro atoms. The maximum atomic E-state index is 12.1. The van der Waals surface area contributed by atoms with E-state index < -0.39 is 10.0 Å². The van der Waals surface area contributed by atoms with E-state index in [1.807, 2.05) is 0 Å². The van der Waals surface area contributed by atoms with Gasteiger partial charge in [-0.1, -0.05) is 23.7 Å². The number of aromatic amines is 1. The molecule has 0 bridgehead atoms. The van der Waals surface area contributed by atoms with Gasteiger partial charge >= 0.3 is 0 Å². The van der Waals surface area contributed by atoms with Crippen molar-refractivity contribution in [3.63, 3.8) is 0 Å². The van der Waals surface area contributed by atoms with Gasteiger partial charge in [0.2, 0.25) is 10.0 Å². The van der Waals surface area contributed by atoms with Gasteiger partial charge in [-0.05, 0) is 12.1 Å². The summed E-state index contributed by atoms with van der Waals surface area (Å²) in [5, 5.41) is 6.60. The lowest BCUT2D eigenvalue weighted by Crippen LogP contribution is -2.30. The van der Waals surface area contributed by atoms with E-state index in [1.54, 1.807) is 24.3 Å². The lowest BCUT2D eigenvalue weighted by Gasteiger charge is -2.16. The number of nitrogens with zero attached hydrogens (tertiary/aromatic N) is 2. The first-order valence-electron chi connectivity index (χ1n) is 5.84. The van der Waals surface area contributed by atoms with Gasteiger partial charge in [-0.15, -0.1) is 0 Å². The van der Waals surface area contributed by atoms with E-state index in [2.05, 4.69) is 10.2 Å². The summed E-state index contributed by atoms with van der Waals surface area (Å²) in [5.74, 6) is 0.531. The van der Waals surface area contributed by atoms with Gasteiger partial charge in [0.25, 0.3) is 0 Å². The molecular formula is C12H14ClN3O3S. The molecule has 6 nitrogen and oxygen atoms in total. The van der Waals surface area contributed by atoms with E-state index >= 15 is 0 Å². The number of benzene rings is 1. The molecular weight excluding hydrogens is 302 g/mol. The fraction of sp³-hybridized carbons (Fsp3) is 0.250. The highest BCUT2D eigenvalue weighted by atomic mass is 35.5. The van der Waals surface area contributed by atoms with Crippen molar-refractivity contribution in [2.75, 3.05) is 20.2 Å². The maximum Gasteiger partial charge on any atom is 0.246 e. The minimum atomic E-state index is -3.53. The molecule has 0 amide bonds. The molecule has 0 aliphatic carbocycles. The standard InChI is InChI=1S/C12H14ClN3O3S/c1-16(20(17,18)10-8-14-15-9-10)6-7-19-12-5-3-2-4-11(12)13/h2-5,8-9H,6-7H2,1H3,(H,14,15). The van der Waals surface area contributed by atoms with Crippen LogP contribution in [0.3, 0.4) is 0 Å². The zero-order chi connectivity index (χ0) is 14.6. The van der Waals surface area contributed by atoms with Gasteiger partial charge in [0.15, 0.2) is 0 Å². The van der Waals surface area contributed by atoms with Crippen LogP contribution >= 0.6 is 11.6 Å². The molecule has 0 aliphatic rings. The van der Waals surface area contributed by atoms with Crippen LogP contribution in [0.4, 0.5) is 0 Å². The maximum absolute atomic E-state index is 12.1. The van der Waals surface area contributed by atoms with Crippen LogP contribution in [0.5, 0.6) is 5.75 Å². The summed E-state index contributed by atoms with van der Waals surface area (Å²) in [6.07, 6.45) is 2.60. The number of ether oxygens (including phenoxy) is 1. The highest BCUT2D eigenvalue weighted by Gasteiger charge is 2.21. The van der Waals surface area contributed by atoms with Gasteiger partial charge in [0, 0.05) is 19.8 Å². The monoisotopic (exact) mass is 315 g/mol. The summed E-state index contributed by atoms with van der Waals surface area (Å²) in [6, 6.07) is 7.04. The van der Waals surface area contributed by atoms with Crippen molar-refractivity contribution in [2.24, 2.45) is 0 Å². The fourth-order valence-electron chi connectivity index (χ4n) is 1.53. The number of aromatic nitrogens is 2. The van der Waals surface area contributed by atoms with Crippen LogP contribution in [0.2, 0.25) is 5.02 Å². The Morgan fingerprint density at radius 1 is 1.40 bits per heavy atom. The lowest BCUT2D eigenvalue weighted by molar-refractivity contribution is 0.287. The van der Waals surface area contributed by atoms with E-state index in [0.717, 1.165) is 0 Å². The van der Waals surface area contributed by atoms with Crippen LogP contribution in [0.25, 0.3) is 0 Å². The Kier molecular flexibility index (Phi) is 4.64. The Bertz CT molecular complexity index is 658. The Balaban J connectivity index is 1.93. The molecule has 1 N–H and O–H groups in total. The zero-order valence-electron chi connectivity index (χ0n) is 10.8. The molecule has 1 aromatic heterocycles. The van der Waals surface area contributed by atoms with Crippen LogP contribution in [-0.2, 0) is 10.0 Å². The average molecular weight is 316 g/mol. The van der Waals surface area contributed by atoms with Gasteiger partial charge < -0.3 is 4.74 Å². The smallest absolute Gasteiger partial charge is 0.246 e. The highest BCUT2D eigenvalue weighted by Crippen LogP contribution is 2.23. The molecule has 0 atom stereocenters. The third-order valence-electron chi connectivity index (χ3n) is 2.68. The molecule has 2 rings (SSSR count). The number of para-hydroxylation sites is 1. The van der Waals surface area contributed by atoms with Crippen LogP contribution in [0.15, 0.2) is 41.6 Å². The molecule has 0 saturated heterocycles. The third-order valence-corrected chi connectivity index (χ3v) is 4.82. The molecule has 0 aliphatic heterocycles. The third kappa shape index (κ3) is 3.30. The van der Waals surface area contributed by atoms with E-state index in [9.17, 15) is 8.42 Å². The first kappa shape index (κ1) is 14.8. The molecule has 0 unspecified atom stereocenters. The number of halogens is 1. The number of H-pyrrole nitrogens is 1. The van der Waals surface area contributed by atoms with E-state index in [1.165, 1.54) is 23.7 Å². The molecule has 1 heterocycles. The molecule has 20 heavy (non-hydrogen) atoms. The summed E-state index contributed by atoms with van der Waals surface area (Å²) in [7, 11) is -2.05. The Labute approximate surface area is 122 Å². The van der Waals surface area contributed by atoms with Crippen molar-refractivity contribution in [3.05, 3.63) is 41.7 Å². The first-order valence-corrected chi connectivity index (χ1v) is 7.66. The molecule has 0 radical (unpaired) electrons. The normalized spacial score (nSPS) is 11.8. The first-order chi connectivity index (χ1) is 9.51. The quantitative estimate of drug-likeness (QED) is 0.881. The summed E-state index contributed by atoms with van der Waals surface area (Å²) in [4.78, 5) is 0.123. The highest BCUT2D eigenvalue weighted by molar-refractivity contribution is 7.89. The van der Waals surface area contributed by atoms with Gasteiger partial charge in [-0.25, -0.2) is 8.42 Å². The van der Waals surface area contributed by atoms with Gasteiger partial charge in [-0.3, -0.25) is 5.10 Å². The predicted octanol–water partition coefficient (Wildman–Crippen LogP) is 1.76. The van der Waals surface area contributed by atoms with Crippen molar-refractivity contribution >= 4 is 21.6 Å². The summed E-state index contributed by atoms with van der Waals surface area (Å²) in [5.41, 5.74) is 0. The number of rotatable bonds is 6. The van der Waals surface area contributed by atoms with Crippen LogP contribution in [0.1, 0.15) is 0 Å². The van der Waals surface area contributed by atoms with Crippen LogP contribution in [0, 0.1) is 0 Å². The Hall–Kier alpha value is -1.57. The molecule has 0 saturated carbocycles. The fourth-order valence-corrected chi connectivity index (χ4v) is 2.78. The summed E-state index contributed by atoms with van der Waals surface area (Å²) < 4.78 is 30.8. The summed E-state index contributed by atoms with van der Waals surface area (Å²) in [6.45, 7) is 0.413. The second-order valence-electron chi connectivity index (χ2n) is 4.04. The summed E-state index contributed by atoms with van der Waals surface area (Å²) >= 11 is 5.94. The van der Waals surface area contributed by atoms with Crippen molar-refractivity contribution in [1.82, 2.24) is 14.5 Å². The molecule has 8 heteroatoms. The van der Waals surface area contributed by atoms with Crippen LogP contribution < -0.4 is 4.74 Å². The van der Waals surface area contributed by atoms with Gasteiger partial charge in [0.1, 0.15) is 17.3 Å². The molecule has 0 fully saturated rings. The van der Waals surface area contributed by atoms with E-state index in [0.29, 0.717) is 10.8 Å². The zero-order valence-corrected chi connectivity index (χ0v) is 12.4. The Morgan fingerprint density at radius 2 is 2.15 bits per heavy atom. The lowest BCUT2D eigenvalue weighted by atomic mass is 10.3. The molecule has 1 aromatic carbocycles. The van der Waals surface area contributed by atoms with Crippen molar-refractivity contribution < 1.29 is 13.2 Å². The minimum Gasteiger partial charge on any atom is -0.491 e. The number of sulfonamides is 1. The number of nitrogens with one attached hydrogen (secondary N) is 1. The predicted molar refractivity (Wildman–Crippen MR) is 75.4 cm³/mol. The molecule has 2 aromatic rings. The van der Waals surface area contributed by atoms with E-state index in [-0.39, 0.29) is 18.0 Å².